The molecule has 0 aliphatic rings. The molecule has 6 nitrogen and oxygen atoms in total. The van der Waals surface area contributed by atoms with Crippen LogP contribution in [0.5, 0.6) is 0 Å². The molecule has 0 aliphatic heterocycles. The third kappa shape index (κ3) is 47.2. The maximum absolute atomic E-state index is 12.8. The van der Waals surface area contributed by atoms with Crippen LogP contribution in [0.25, 0.3) is 0 Å². The molecule has 0 bridgehead atoms. The first-order valence-corrected chi connectivity index (χ1v) is 24.7. The molecule has 0 amide bonds. The monoisotopic (exact) mass is 847 g/mol. The minimum Gasteiger partial charge on any atom is -0.462 e. The fraction of sp³-hybridized carbons (Fsp3) is 0.655. The van der Waals surface area contributed by atoms with E-state index in [2.05, 4.69) is 106 Å². The second-order valence-corrected chi connectivity index (χ2v) is 16.0. The maximum Gasteiger partial charge on any atom is 0.306 e. The van der Waals surface area contributed by atoms with Crippen LogP contribution in [0.15, 0.2) is 97.2 Å². The number of carbonyl (C=O) groups is 3. The van der Waals surface area contributed by atoms with Gasteiger partial charge in [0.1, 0.15) is 13.2 Å². The first-order valence-electron chi connectivity index (χ1n) is 24.7. The number of unbranched alkanes of at least 4 members (excludes halogenated alkanes) is 16. The van der Waals surface area contributed by atoms with E-state index in [-0.39, 0.29) is 37.5 Å². The molecule has 6 heteroatoms. The van der Waals surface area contributed by atoms with Crippen LogP contribution in [-0.4, -0.2) is 37.2 Å². The predicted octanol–water partition coefficient (Wildman–Crippen LogP) is 16.2. The molecule has 1 unspecified atom stereocenters. The van der Waals surface area contributed by atoms with Gasteiger partial charge in [-0.1, -0.05) is 189 Å². The largest absolute Gasteiger partial charge is 0.462 e. The second-order valence-electron chi connectivity index (χ2n) is 16.0. The van der Waals surface area contributed by atoms with E-state index in [1.807, 2.05) is 12.2 Å². The smallest absolute Gasteiger partial charge is 0.306 e. The number of rotatable bonds is 43. The Hall–Kier alpha value is -3.67. The number of ether oxygens (including phenoxy) is 3. The third-order valence-electron chi connectivity index (χ3n) is 10.1. The molecule has 0 heterocycles. The molecule has 0 aromatic heterocycles. The van der Waals surface area contributed by atoms with Gasteiger partial charge in [0.25, 0.3) is 0 Å². The highest BCUT2D eigenvalue weighted by Gasteiger charge is 2.19. The Morgan fingerprint density at radius 1 is 0.344 bits per heavy atom. The van der Waals surface area contributed by atoms with Gasteiger partial charge in [-0.05, 0) is 103 Å². The van der Waals surface area contributed by atoms with Gasteiger partial charge in [-0.3, -0.25) is 14.4 Å². The van der Waals surface area contributed by atoms with E-state index < -0.39 is 6.10 Å². The Balaban J connectivity index is 4.49. The van der Waals surface area contributed by atoms with Crippen molar-refractivity contribution in [3.8, 4) is 0 Å². The van der Waals surface area contributed by atoms with Gasteiger partial charge < -0.3 is 14.2 Å². The SMILES string of the molecule is CC/C=C\C/C=C\C/C=C\C/C=C\C/C=C\C/C=C\CCC(=O)OCC(COC(=O)CCC/C=C\CCCCCC)OC(=O)CCCCCCCCC/C=C\CCCCCC. The molecule has 0 radical (unpaired) electrons. The van der Waals surface area contributed by atoms with Gasteiger partial charge in [0.15, 0.2) is 6.10 Å². The maximum atomic E-state index is 12.8. The Bertz CT molecular complexity index is 1250. The Kier molecular flexibility index (Phi) is 46.0. The van der Waals surface area contributed by atoms with E-state index in [4.69, 9.17) is 14.2 Å². The lowest BCUT2D eigenvalue weighted by Gasteiger charge is -2.18. The molecule has 0 aliphatic carbocycles. The van der Waals surface area contributed by atoms with E-state index in [1.165, 1.54) is 89.9 Å². The highest BCUT2D eigenvalue weighted by atomic mass is 16.6. The zero-order valence-electron chi connectivity index (χ0n) is 39.4. The number of hydrogen-bond acceptors (Lipinski definition) is 6. The molecular weight excluding hydrogens is 757 g/mol. The number of carbonyl (C=O) groups excluding carboxylic acids is 3. The number of esters is 3. The quantitative estimate of drug-likeness (QED) is 0.0263. The van der Waals surface area contributed by atoms with Crippen molar-refractivity contribution in [2.45, 2.75) is 219 Å². The van der Waals surface area contributed by atoms with Crippen LogP contribution in [-0.2, 0) is 28.6 Å². The summed E-state index contributed by atoms with van der Waals surface area (Å²) in [7, 11) is 0. The lowest BCUT2D eigenvalue weighted by Crippen LogP contribution is -2.30. The third-order valence-corrected chi connectivity index (χ3v) is 10.1. The van der Waals surface area contributed by atoms with Gasteiger partial charge in [-0.25, -0.2) is 0 Å². The highest BCUT2D eigenvalue weighted by molar-refractivity contribution is 5.71. The van der Waals surface area contributed by atoms with Crippen molar-refractivity contribution in [2.75, 3.05) is 13.2 Å². The first kappa shape index (κ1) is 57.3. The molecule has 0 N–H and O–H groups in total. The van der Waals surface area contributed by atoms with Gasteiger partial charge in [0, 0.05) is 19.3 Å². The zero-order chi connectivity index (χ0) is 44.4. The predicted molar refractivity (Wildman–Crippen MR) is 260 cm³/mol. The summed E-state index contributed by atoms with van der Waals surface area (Å²) in [6.07, 6.45) is 64.1. The van der Waals surface area contributed by atoms with Crippen molar-refractivity contribution in [2.24, 2.45) is 0 Å². The first-order chi connectivity index (χ1) is 30.0. The molecule has 0 saturated carbocycles. The van der Waals surface area contributed by atoms with Crippen molar-refractivity contribution < 1.29 is 28.6 Å². The highest BCUT2D eigenvalue weighted by Crippen LogP contribution is 2.13. The Morgan fingerprint density at radius 2 is 0.689 bits per heavy atom. The van der Waals surface area contributed by atoms with Gasteiger partial charge in [0.05, 0.1) is 0 Å². The summed E-state index contributed by atoms with van der Waals surface area (Å²) in [6, 6.07) is 0. The lowest BCUT2D eigenvalue weighted by atomic mass is 10.1. The van der Waals surface area contributed by atoms with Crippen LogP contribution >= 0.6 is 0 Å². The number of allylic oxidation sites excluding steroid dienone is 16. The van der Waals surface area contributed by atoms with Crippen LogP contribution in [0.4, 0.5) is 0 Å². The van der Waals surface area contributed by atoms with E-state index in [1.54, 1.807) is 0 Å². The average Bonchev–Trinajstić information content (AvgIpc) is 3.26. The topological polar surface area (TPSA) is 78.9 Å². The van der Waals surface area contributed by atoms with Crippen LogP contribution in [0, 0.1) is 0 Å². The van der Waals surface area contributed by atoms with E-state index in [0.717, 1.165) is 70.6 Å². The van der Waals surface area contributed by atoms with E-state index >= 15 is 0 Å². The zero-order valence-corrected chi connectivity index (χ0v) is 39.4. The fourth-order valence-corrected chi connectivity index (χ4v) is 6.35. The van der Waals surface area contributed by atoms with Crippen LogP contribution in [0.3, 0.4) is 0 Å². The van der Waals surface area contributed by atoms with Gasteiger partial charge >= 0.3 is 17.9 Å². The second kappa shape index (κ2) is 49.0. The molecule has 0 saturated heterocycles. The van der Waals surface area contributed by atoms with Crippen molar-refractivity contribution in [1.82, 2.24) is 0 Å². The lowest BCUT2D eigenvalue weighted by molar-refractivity contribution is -0.166. The van der Waals surface area contributed by atoms with Crippen LogP contribution < -0.4 is 0 Å². The van der Waals surface area contributed by atoms with Gasteiger partial charge in [-0.2, -0.15) is 0 Å². The molecule has 0 aromatic carbocycles. The summed E-state index contributed by atoms with van der Waals surface area (Å²) in [5.41, 5.74) is 0. The van der Waals surface area contributed by atoms with Crippen LogP contribution in [0.2, 0.25) is 0 Å². The van der Waals surface area contributed by atoms with Crippen molar-refractivity contribution in [3.05, 3.63) is 97.2 Å². The summed E-state index contributed by atoms with van der Waals surface area (Å²) in [5, 5.41) is 0. The van der Waals surface area contributed by atoms with Crippen LogP contribution in [0.1, 0.15) is 213 Å². The van der Waals surface area contributed by atoms with Crippen molar-refractivity contribution in [1.29, 1.82) is 0 Å². The van der Waals surface area contributed by atoms with E-state index in [0.29, 0.717) is 25.7 Å². The summed E-state index contributed by atoms with van der Waals surface area (Å²) >= 11 is 0. The molecule has 0 spiro atoms. The molecular formula is C55H90O6. The summed E-state index contributed by atoms with van der Waals surface area (Å²) in [6.45, 7) is 6.36. The molecule has 0 aromatic rings. The molecule has 0 fully saturated rings. The average molecular weight is 847 g/mol. The molecule has 61 heavy (non-hydrogen) atoms. The minimum absolute atomic E-state index is 0.119. The molecule has 1 atom stereocenters. The Morgan fingerprint density at radius 3 is 1.15 bits per heavy atom. The van der Waals surface area contributed by atoms with Gasteiger partial charge in [0.2, 0.25) is 0 Å². The number of hydrogen-bond donors (Lipinski definition) is 0. The normalized spacial score (nSPS) is 12.9. The molecule has 346 valence electrons. The van der Waals surface area contributed by atoms with Gasteiger partial charge in [-0.15, -0.1) is 0 Å². The summed E-state index contributed by atoms with van der Waals surface area (Å²) < 4.78 is 16.6. The van der Waals surface area contributed by atoms with E-state index in [9.17, 15) is 14.4 Å². The standard InChI is InChI=1S/C55H90O6/c1-4-7-10-13-16-19-21-23-25-26-27-28-30-31-33-36-39-42-45-48-54(57)60-51-52(50-59-53(56)47-44-41-38-35-18-15-12-9-6-3)61-55(58)49-46-43-40-37-34-32-29-24-22-20-17-14-11-8-5-2/h7,10,16,19-20,22-23,25,27-28,31,33,35,38-39,42,52H,4-6,8-9,11-15,17-18,21,24,26,29-30,32,34,36-37,40-41,43-51H2,1-3H3/b10-7-,19-16-,22-20-,25-23-,28-27-,33-31-,38-35-,42-39-. The van der Waals surface area contributed by atoms with Crippen molar-refractivity contribution in [3.63, 3.8) is 0 Å². The van der Waals surface area contributed by atoms with Crippen molar-refractivity contribution >= 4 is 17.9 Å². The Labute approximate surface area is 375 Å². The minimum atomic E-state index is -0.820. The molecule has 0 rings (SSSR count). The summed E-state index contributed by atoms with van der Waals surface area (Å²) in [4.78, 5) is 37.8. The summed E-state index contributed by atoms with van der Waals surface area (Å²) in [5.74, 6) is -1.05. The fourth-order valence-electron chi connectivity index (χ4n) is 6.35.